The second-order valence-electron chi connectivity index (χ2n) is 5.46. The predicted octanol–water partition coefficient (Wildman–Crippen LogP) is 2.82. The van der Waals surface area contributed by atoms with Crippen LogP contribution in [-0.2, 0) is 17.5 Å². The van der Waals surface area contributed by atoms with Gasteiger partial charge in [-0.15, -0.1) is 5.10 Å². The van der Waals surface area contributed by atoms with Crippen molar-refractivity contribution < 1.29 is 17.9 Å². The molecule has 0 aliphatic heterocycles. The van der Waals surface area contributed by atoms with Crippen LogP contribution in [0.2, 0.25) is 0 Å². The molecule has 2 aromatic rings. The number of hydrogen-bond donors (Lipinski definition) is 1. The highest BCUT2D eigenvalue weighted by atomic mass is 19.4. The standard InChI is InChI=1S/C15H15F3N4O2/c1-2-9-3-5-11(6-4-9)24-8-10-7-12(23)22-14(19-10)20-13(21-22)15(16,17)18/h3,5-7,9H,2,4,8H2,1H3,(H,19,20,21). The Morgan fingerprint density at radius 1 is 1.46 bits per heavy atom. The first-order valence-corrected chi connectivity index (χ1v) is 7.44. The Balaban J connectivity index is 1.78. The smallest absolute Gasteiger partial charge is 0.453 e. The Morgan fingerprint density at radius 2 is 2.25 bits per heavy atom. The topological polar surface area (TPSA) is 72.3 Å². The van der Waals surface area contributed by atoms with Crippen molar-refractivity contribution in [1.29, 1.82) is 0 Å². The maximum absolute atomic E-state index is 12.6. The summed E-state index contributed by atoms with van der Waals surface area (Å²) in [5.74, 6) is -0.478. The van der Waals surface area contributed by atoms with E-state index in [0.717, 1.165) is 18.9 Å². The number of allylic oxidation sites excluding steroid dienone is 3. The van der Waals surface area contributed by atoms with E-state index in [2.05, 4.69) is 28.1 Å². The Morgan fingerprint density at radius 3 is 2.88 bits per heavy atom. The van der Waals surface area contributed by atoms with Gasteiger partial charge in [-0.2, -0.15) is 22.7 Å². The second kappa shape index (κ2) is 6.14. The van der Waals surface area contributed by atoms with E-state index in [-0.39, 0.29) is 12.4 Å². The van der Waals surface area contributed by atoms with Crippen molar-refractivity contribution in [3.63, 3.8) is 0 Å². The Hall–Kier alpha value is -2.58. The summed E-state index contributed by atoms with van der Waals surface area (Å²) in [5, 5.41) is 3.17. The average Bonchev–Trinajstić information content (AvgIpc) is 2.98. The van der Waals surface area contributed by atoms with Crippen molar-refractivity contribution in [2.24, 2.45) is 5.92 Å². The number of H-pyrrole nitrogens is 1. The maximum Gasteiger partial charge on any atom is 0.453 e. The average molecular weight is 340 g/mol. The summed E-state index contributed by atoms with van der Waals surface area (Å²) in [5.41, 5.74) is -0.384. The fourth-order valence-corrected chi connectivity index (χ4v) is 2.35. The van der Waals surface area contributed by atoms with E-state index in [4.69, 9.17) is 4.74 Å². The first-order valence-electron chi connectivity index (χ1n) is 7.44. The van der Waals surface area contributed by atoms with Gasteiger partial charge in [0.05, 0.1) is 5.69 Å². The molecule has 0 fully saturated rings. The molecule has 1 atom stereocenters. The molecule has 1 aliphatic carbocycles. The second-order valence-corrected chi connectivity index (χ2v) is 5.46. The lowest BCUT2D eigenvalue weighted by atomic mass is 9.98. The fraction of sp³-hybridized carbons (Fsp3) is 0.400. The van der Waals surface area contributed by atoms with E-state index >= 15 is 0 Å². The lowest BCUT2D eigenvalue weighted by Gasteiger charge is -2.15. The minimum atomic E-state index is -4.71. The van der Waals surface area contributed by atoms with E-state index in [1.807, 2.05) is 12.2 Å². The number of alkyl halides is 3. The third kappa shape index (κ3) is 3.34. The van der Waals surface area contributed by atoms with Gasteiger partial charge >= 0.3 is 6.18 Å². The van der Waals surface area contributed by atoms with Crippen LogP contribution in [0, 0.1) is 5.92 Å². The first-order chi connectivity index (χ1) is 11.4. The molecule has 2 heterocycles. The number of fused-ring (bicyclic) bond motifs is 1. The lowest BCUT2D eigenvalue weighted by Crippen LogP contribution is -2.17. The molecular formula is C15H15F3N4O2. The summed E-state index contributed by atoms with van der Waals surface area (Å²) in [6.45, 7) is 2.12. The molecule has 128 valence electrons. The highest BCUT2D eigenvalue weighted by Crippen LogP contribution is 2.26. The molecule has 0 aromatic carbocycles. The number of nitrogens with one attached hydrogen (secondary N) is 1. The number of aromatic nitrogens is 4. The van der Waals surface area contributed by atoms with Gasteiger partial charge in [-0.25, -0.2) is 0 Å². The van der Waals surface area contributed by atoms with E-state index in [9.17, 15) is 18.0 Å². The number of aromatic amines is 1. The quantitative estimate of drug-likeness (QED) is 0.929. The summed E-state index contributed by atoms with van der Waals surface area (Å²) in [7, 11) is 0. The number of rotatable bonds is 4. The summed E-state index contributed by atoms with van der Waals surface area (Å²) < 4.78 is 44.0. The van der Waals surface area contributed by atoms with Crippen LogP contribution >= 0.6 is 0 Å². The van der Waals surface area contributed by atoms with Gasteiger partial charge in [-0.3, -0.25) is 4.79 Å². The molecule has 0 spiro atoms. The Kier molecular flexibility index (Phi) is 4.16. The van der Waals surface area contributed by atoms with Crippen molar-refractivity contribution in [2.75, 3.05) is 0 Å². The molecular weight excluding hydrogens is 325 g/mol. The van der Waals surface area contributed by atoms with Crippen LogP contribution in [0.4, 0.5) is 13.2 Å². The Bertz CT molecular complexity index is 864. The van der Waals surface area contributed by atoms with Crippen LogP contribution in [-0.4, -0.2) is 19.6 Å². The van der Waals surface area contributed by atoms with Gasteiger partial charge in [0.25, 0.3) is 11.4 Å². The molecule has 0 saturated heterocycles. The number of hydrogen-bond acceptors (Lipinski definition) is 4. The monoisotopic (exact) mass is 340 g/mol. The van der Waals surface area contributed by atoms with E-state index < -0.39 is 17.6 Å². The van der Waals surface area contributed by atoms with Gasteiger partial charge in [0, 0.05) is 6.07 Å². The molecule has 24 heavy (non-hydrogen) atoms. The summed E-state index contributed by atoms with van der Waals surface area (Å²) in [6.07, 6.45) is 3.05. The van der Waals surface area contributed by atoms with Crippen molar-refractivity contribution >= 4 is 5.78 Å². The summed E-state index contributed by atoms with van der Waals surface area (Å²) in [4.78, 5) is 17.8. The van der Waals surface area contributed by atoms with Gasteiger partial charge < -0.3 is 9.72 Å². The van der Waals surface area contributed by atoms with Gasteiger partial charge in [0.1, 0.15) is 12.4 Å². The number of ether oxygens (including phenoxy) is 1. The maximum atomic E-state index is 12.6. The fourth-order valence-electron chi connectivity index (χ4n) is 2.35. The van der Waals surface area contributed by atoms with Crippen LogP contribution in [0.5, 0.6) is 0 Å². The third-order valence-corrected chi connectivity index (χ3v) is 3.71. The normalized spacial score (nSPS) is 18.0. The molecule has 0 bridgehead atoms. The SMILES string of the molecule is CCC1C=CC(OCc2cc(=O)n3nc(C(F)(F)F)nc3[nH]2)=CC1. The molecule has 6 nitrogen and oxygen atoms in total. The summed E-state index contributed by atoms with van der Waals surface area (Å²) >= 11 is 0. The van der Waals surface area contributed by atoms with E-state index in [1.54, 1.807) is 0 Å². The minimum absolute atomic E-state index is 0.0208. The van der Waals surface area contributed by atoms with Crippen LogP contribution in [0.15, 0.2) is 34.8 Å². The van der Waals surface area contributed by atoms with Crippen molar-refractivity contribution in [1.82, 2.24) is 19.6 Å². The lowest BCUT2D eigenvalue weighted by molar-refractivity contribution is -0.144. The van der Waals surface area contributed by atoms with Gasteiger partial charge in [-0.1, -0.05) is 13.0 Å². The highest BCUT2D eigenvalue weighted by molar-refractivity contribution is 5.28. The van der Waals surface area contributed by atoms with Crippen LogP contribution in [0.1, 0.15) is 31.3 Å². The highest BCUT2D eigenvalue weighted by Gasteiger charge is 2.36. The third-order valence-electron chi connectivity index (χ3n) is 3.71. The van der Waals surface area contributed by atoms with Crippen LogP contribution < -0.4 is 5.56 Å². The summed E-state index contributed by atoms with van der Waals surface area (Å²) in [6, 6.07) is 1.14. The predicted molar refractivity (Wildman–Crippen MR) is 79.0 cm³/mol. The van der Waals surface area contributed by atoms with Crippen LogP contribution in [0.3, 0.4) is 0 Å². The number of nitrogens with zero attached hydrogens (tertiary/aromatic N) is 3. The van der Waals surface area contributed by atoms with E-state index in [1.165, 1.54) is 0 Å². The van der Waals surface area contributed by atoms with Gasteiger partial charge in [0.15, 0.2) is 0 Å². The zero-order chi connectivity index (χ0) is 17.3. The molecule has 3 rings (SSSR count). The van der Waals surface area contributed by atoms with Crippen molar-refractivity contribution in [3.05, 3.63) is 51.9 Å². The largest absolute Gasteiger partial charge is 0.488 e. The molecule has 9 heteroatoms. The molecule has 1 unspecified atom stereocenters. The molecule has 1 aliphatic rings. The minimum Gasteiger partial charge on any atom is -0.488 e. The van der Waals surface area contributed by atoms with Gasteiger partial charge in [-0.05, 0) is 30.9 Å². The van der Waals surface area contributed by atoms with Crippen LogP contribution in [0.25, 0.3) is 5.78 Å². The Labute approximate surface area is 134 Å². The molecule has 1 N–H and O–H groups in total. The van der Waals surface area contributed by atoms with Gasteiger partial charge in [0.2, 0.25) is 5.78 Å². The first kappa shape index (κ1) is 16.3. The number of halogens is 3. The molecule has 0 saturated carbocycles. The zero-order valence-electron chi connectivity index (χ0n) is 12.8. The zero-order valence-corrected chi connectivity index (χ0v) is 12.8. The van der Waals surface area contributed by atoms with Crippen molar-refractivity contribution in [2.45, 2.75) is 32.5 Å². The van der Waals surface area contributed by atoms with E-state index in [0.29, 0.717) is 21.9 Å². The molecule has 0 radical (unpaired) electrons. The van der Waals surface area contributed by atoms with Crippen molar-refractivity contribution in [3.8, 4) is 0 Å². The molecule has 2 aromatic heterocycles. The molecule has 0 amide bonds.